The number of cyclic esters (lactones) is 1. The molecular formula is C28H27F3N4O5. The topological polar surface area (TPSA) is 137 Å². The van der Waals surface area contributed by atoms with Gasteiger partial charge >= 0.3 is 5.97 Å². The number of fused-ring (bicyclic) bond motifs is 5. The van der Waals surface area contributed by atoms with E-state index in [-0.39, 0.29) is 42.6 Å². The van der Waals surface area contributed by atoms with Crippen LogP contribution in [0, 0.1) is 12.7 Å². The summed E-state index contributed by atoms with van der Waals surface area (Å²) < 4.78 is 48.7. The SMILES string of the molecule is CC[C@@]1(O)C(=O)OCc2c1cc1n(c2=O)Cc2c-1nc1cc(F)c(C)c3c1c2[C@@H](NC(=O)C(C)(N)C(F)F)CC3. The lowest BCUT2D eigenvalue weighted by Crippen LogP contribution is -2.57. The maximum absolute atomic E-state index is 15.0. The number of nitrogens with zero attached hydrogens (tertiary/aromatic N) is 2. The number of benzene rings is 1. The zero-order valence-electron chi connectivity index (χ0n) is 22.0. The summed E-state index contributed by atoms with van der Waals surface area (Å²) in [5.41, 5.74) is 4.11. The van der Waals surface area contributed by atoms with Crippen LogP contribution >= 0.6 is 0 Å². The number of ether oxygens (including phenoxy) is 1. The number of nitrogens with two attached hydrogens (primary N) is 1. The highest BCUT2D eigenvalue weighted by atomic mass is 19.3. The number of esters is 1. The fourth-order valence-electron chi connectivity index (χ4n) is 6.11. The zero-order chi connectivity index (χ0) is 28.9. The van der Waals surface area contributed by atoms with E-state index in [0.29, 0.717) is 45.4 Å². The van der Waals surface area contributed by atoms with Gasteiger partial charge in [0.05, 0.1) is 35.1 Å². The Morgan fingerprint density at radius 3 is 2.73 bits per heavy atom. The molecule has 1 unspecified atom stereocenters. The molecule has 3 atom stereocenters. The Hall–Kier alpha value is -3.77. The first-order chi connectivity index (χ1) is 18.8. The summed E-state index contributed by atoms with van der Waals surface area (Å²) in [7, 11) is 0. The standard InChI is InChI=1S/C28H27F3N4O5/c1-4-28(39)15-7-19-22-13(9-35(19)23(36)14(15)10-40-26(28)38)21-17(34-25(37)27(3,32)24(30)31)6-5-12-11(2)16(29)8-18(33-22)20(12)21/h7-8,17,24,39H,4-6,9-10,32H2,1-3H3,(H,34,37)/t17-,27?,28-/m0/s1. The molecule has 3 aromatic rings. The molecule has 1 amide bonds. The van der Waals surface area contributed by atoms with Crippen molar-refractivity contribution in [3.8, 4) is 11.4 Å². The molecule has 0 radical (unpaired) electrons. The first kappa shape index (κ1) is 26.5. The number of aliphatic hydroxyl groups is 1. The van der Waals surface area contributed by atoms with Gasteiger partial charge in [0.2, 0.25) is 5.91 Å². The largest absolute Gasteiger partial charge is 0.458 e. The Balaban J connectivity index is 1.61. The van der Waals surface area contributed by atoms with Gasteiger partial charge in [-0.05, 0) is 55.9 Å². The van der Waals surface area contributed by atoms with Crippen molar-refractivity contribution < 1.29 is 32.6 Å². The number of nitrogens with one attached hydrogen (secondary N) is 1. The molecule has 1 aromatic carbocycles. The lowest BCUT2D eigenvalue weighted by molar-refractivity contribution is -0.172. The summed E-state index contributed by atoms with van der Waals surface area (Å²) in [6.07, 6.45) is -2.50. The minimum atomic E-state index is -3.11. The molecule has 2 aliphatic heterocycles. The summed E-state index contributed by atoms with van der Waals surface area (Å²) >= 11 is 0. The van der Waals surface area contributed by atoms with Crippen LogP contribution in [-0.4, -0.2) is 38.5 Å². The van der Waals surface area contributed by atoms with Gasteiger partial charge < -0.3 is 25.5 Å². The van der Waals surface area contributed by atoms with Gasteiger partial charge in [0, 0.05) is 22.6 Å². The van der Waals surface area contributed by atoms with Gasteiger partial charge in [0.25, 0.3) is 12.0 Å². The van der Waals surface area contributed by atoms with Crippen molar-refractivity contribution in [1.29, 1.82) is 0 Å². The second kappa shape index (κ2) is 8.61. The molecule has 210 valence electrons. The minimum absolute atomic E-state index is 0.0323. The number of hydrogen-bond donors (Lipinski definition) is 3. The molecule has 2 aromatic heterocycles. The number of carbonyl (C=O) groups excluding carboxylic acids is 2. The quantitative estimate of drug-likeness (QED) is 0.329. The number of aromatic nitrogens is 2. The summed E-state index contributed by atoms with van der Waals surface area (Å²) in [6, 6.07) is 2.05. The van der Waals surface area contributed by atoms with Gasteiger partial charge in [-0.3, -0.25) is 9.59 Å². The van der Waals surface area contributed by atoms with E-state index in [4.69, 9.17) is 15.5 Å². The van der Waals surface area contributed by atoms with E-state index in [9.17, 15) is 32.7 Å². The molecule has 12 heteroatoms. The average Bonchev–Trinajstić information content (AvgIpc) is 3.28. The normalized spacial score (nSPS) is 22.4. The van der Waals surface area contributed by atoms with E-state index in [1.165, 1.54) is 16.7 Å². The van der Waals surface area contributed by atoms with E-state index in [1.807, 2.05) is 0 Å². The molecular weight excluding hydrogens is 529 g/mol. The smallest absolute Gasteiger partial charge is 0.343 e. The zero-order valence-corrected chi connectivity index (χ0v) is 22.0. The number of aryl methyl sites for hydroxylation is 1. The first-order valence-corrected chi connectivity index (χ1v) is 13.0. The molecule has 6 rings (SSSR count). The monoisotopic (exact) mass is 556 g/mol. The Bertz CT molecular complexity index is 1720. The number of rotatable bonds is 4. The molecule has 4 N–H and O–H groups in total. The highest BCUT2D eigenvalue weighted by Crippen LogP contribution is 2.46. The third kappa shape index (κ3) is 3.41. The van der Waals surface area contributed by atoms with Crippen LogP contribution in [0.4, 0.5) is 13.2 Å². The van der Waals surface area contributed by atoms with Crippen molar-refractivity contribution in [2.24, 2.45) is 5.73 Å². The molecule has 0 spiro atoms. The van der Waals surface area contributed by atoms with Crippen molar-refractivity contribution in [1.82, 2.24) is 14.9 Å². The lowest BCUT2D eigenvalue weighted by atomic mass is 9.81. The van der Waals surface area contributed by atoms with E-state index in [2.05, 4.69) is 5.32 Å². The second-order valence-electron chi connectivity index (χ2n) is 11.0. The van der Waals surface area contributed by atoms with Crippen LogP contribution < -0.4 is 16.6 Å². The average molecular weight is 557 g/mol. The number of pyridine rings is 2. The molecule has 0 fully saturated rings. The highest BCUT2D eigenvalue weighted by molar-refractivity contribution is 5.94. The maximum atomic E-state index is 15.0. The molecule has 3 aliphatic rings. The molecule has 40 heavy (non-hydrogen) atoms. The van der Waals surface area contributed by atoms with Crippen molar-refractivity contribution in [2.45, 2.75) is 76.8 Å². The Labute approximate surface area is 226 Å². The number of hydrogen-bond acceptors (Lipinski definition) is 7. The summed E-state index contributed by atoms with van der Waals surface area (Å²) in [5, 5.41) is 14.4. The van der Waals surface area contributed by atoms with Crippen LogP contribution in [0.5, 0.6) is 0 Å². The molecule has 0 saturated heterocycles. The molecule has 4 heterocycles. The van der Waals surface area contributed by atoms with Gasteiger partial charge in [-0.2, -0.15) is 0 Å². The highest BCUT2D eigenvalue weighted by Gasteiger charge is 2.46. The van der Waals surface area contributed by atoms with Gasteiger partial charge in [0.1, 0.15) is 12.4 Å². The van der Waals surface area contributed by atoms with E-state index in [0.717, 1.165) is 6.92 Å². The van der Waals surface area contributed by atoms with E-state index >= 15 is 0 Å². The van der Waals surface area contributed by atoms with Crippen LogP contribution in [0.3, 0.4) is 0 Å². The van der Waals surface area contributed by atoms with Crippen LogP contribution in [0.1, 0.15) is 66.1 Å². The van der Waals surface area contributed by atoms with E-state index < -0.39 is 46.9 Å². The third-order valence-corrected chi connectivity index (χ3v) is 8.63. The van der Waals surface area contributed by atoms with Crippen LogP contribution in [0.2, 0.25) is 0 Å². The summed E-state index contributed by atoms with van der Waals surface area (Å²) in [6.45, 7) is 3.92. The van der Waals surface area contributed by atoms with Crippen molar-refractivity contribution in [2.75, 3.05) is 0 Å². The van der Waals surface area contributed by atoms with Gasteiger partial charge in [-0.1, -0.05) is 6.92 Å². The van der Waals surface area contributed by atoms with Crippen molar-refractivity contribution in [3.63, 3.8) is 0 Å². The van der Waals surface area contributed by atoms with Crippen LogP contribution in [-0.2, 0) is 39.5 Å². The lowest BCUT2D eigenvalue weighted by Gasteiger charge is -2.32. The van der Waals surface area contributed by atoms with Gasteiger partial charge in [-0.25, -0.2) is 22.9 Å². The number of carbonyl (C=O) groups is 2. The summed E-state index contributed by atoms with van der Waals surface area (Å²) in [4.78, 5) is 43.7. The fourth-order valence-corrected chi connectivity index (χ4v) is 6.11. The Morgan fingerprint density at radius 2 is 2.05 bits per heavy atom. The maximum Gasteiger partial charge on any atom is 0.343 e. The second-order valence-corrected chi connectivity index (χ2v) is 11.0. The Morgan fingerprint density at radius 1 is 1.32 bits per heavy atom. The van der Waals surface area contributed by atoms with Crippen molar-refractivity contribution >= 4 is 22.8 Å². The number of halogens is 3. The molecule has 0 saturated carbocycles. The minimum Gasteiger partial charge on any atom is -0.458 e. The predicted molar refractivity (Wildman–Crippen MR) is 137 cm³/mol. The number of amides is 1. The summed E-state index contributed by atoms with van der Waals surface area (Å²) in [5.74, 6) is -2.37. The molecule has 9 nitrogen and oxygen atoms in total. The van der Waals surface area contributed by atoms with Gasteiger partial charge in [-0.15, -0.1) is 0 Å². The molecule has 1 aliphatic carbocycles. The Kier molecular flexibility index (Phi) is 5.70. The molecule has 0 bridgehead atoms. The van der Waals surface area contributed by atoms with Crippen LogP contribution in [0.25, 0.3) is 22.3 Å². The first-order valence-electron chi connectivity index (χ1n) is 13.0. The number of alkyl halides is 2. The van der Waals surface area contributed by atoms with E-state index in [1.54, 1.807) is 13.8 Å². The third-order valence-electron chi connectivity index (χ3n) is 8.63. The van der Waals surface area contributed by atoms with Crippen molar-refractivity contribution in [3.05, 3.63) is 61.7 Å². The van der Waals surface area contributed by atoms with Crippen LogP contribution in [0.15, 0.2) is 16.9 Å². The fraction of sp³-hybridized carbons (Fsp3) is 0.429. The predicted octanol–water partition coefficient (Wildman–Crippen LogP) is 2.61. The van der Waals surface area contributed by atoms with Gasteiger partial charge in [0.15, 0.2) is 11.1 Å².